The molecule has 1 rings (SSSR count). The molecular formula is C15H22F3NO. The number of alkyl halides is 3. The van der Waals surface area contributed by atoms with Gasteiger partial charge in [-0.05, 0) is 30.5 Å². The van der Waals surface area contributed by atoms with Gasteiger partial charge in [0.05, 0.1) is 5.56 Å². The molecule has 0 heterocycles. The van der Waals surface area contributed by atoms with E-state index in [4.69, 9.17) is 4.74 Å². The van der Waals surface area contributed by atoms with E-state index in [0.29, 0.717) is 6.54 Å². The summed E-state index contributed by atoms with van der Waals surface area (Å²) >= 11 is 0. The van der Waals surface area contributed by atoms with Crippen molar-refractivity contribution in [1.82, 2.24) is 5.32 Å². The standard InChI is InChI=1S/C15H22F3NO/c1-14(2,3)8-9-19-10-11-20-13-7-5-4-6-12(13)15(16,17)18/h4-7,19H,8-11H2,1-3H3. The Morgan fingerprint density at radius 3 is 2.30 bits per heavy atom. The summed E-state index contributed by atoms with van der Waals surface area (Å²) in [7, 11) is 0. The minimum absolute atomic E-state index is 0.113. The molecule has 114 valence electrons. The van der Waals surface area contributed by atoms with Crippen LogP contribution in [0.2, 0.25) is 0 Å². The van der Waals surface area contributed by atoms with Gasteiger partial charge in [-0.1, -0.05) is 32.9 Å². The Morgan fingerprint density at radius 2 is 1.70 bits per heavy atom. The first kappa shape index (κ1) is 16.8. The molecule has 20 heavy (non-hydrogen) atoms. The molecule has 1 N–H and O–H groups in total. The maximum atomic E-state index is 12.7. The molecule has 0 aliphatic carbocycles. The van der Waals surface area contributed by atoms with Crippen molar-refractivity contribution in [2.75, 3.05) is 19.7 Å². The number of nitrogens with one attached hydrogen (secondary N) is 1. The third-order valence-electron chi connectivity index (χ3n) is 2.78. The summed E-state index contributed by atoms with van der Waals surface area (Å²) in [6, 6.07) is 5.27. The molecule has 0 amide bonds. The summed E-state index contributed by atoms with van der Waals surface area (Å²) in [6.07, 6.45) is -3.37. The number of benzene rings is 1. The fourth-order valence-corrected chi connectivity index (χ4v) is 1.65. The smallest absolute Gasteiger partial charge is 0.419 e. The third kappa shape index (κ3) is 6.28. The molecule has 0 saturated heterocycles. The Labute approximate surface area is 118 Å². The summed E-state index contributed by atoms with van der Waals surface area (Å²) in [4.78, 5) is 0. The highest BCUT2D eigenvalue weighted by Crippen LogP contribution is 2.35. The van der Waals surface area contributed by atoms with Gasteiger partial charge in [-0.15, -0.1) is 0 Å². The molecule has 0 aromatic heterocycles. The lowest BCUT2D eigenvalue weighted by atomic mass is 9.92. The molecule has 5 heteroatoms. The summed E-state index contributed by atoms with van der Waals surface area (Å²) in [5.41, 5.74) is -0.480. The number of hydrogen-bond acceptors (Lipinski definition) is 2. The van der Waals surface area contributed by atoms with Gasteiger partial charge in [-0.2, -0.15) is 13.2 Å². The van der Waals surface area contributed by atoms with Crippen molar-refractivity contribution in [3.05, 3.63) is 29.8 Å². The number of ether oxygens (including phenoxy) is 1. The van der Waals surface area contributed by atoms with Gasteiger partial charge < -0.3 is 10.1 Å². The number of rotatable bonds is 6. The van der Waals surface area contributed by atoms with Crippen LogP contribution in [0.5, 0.6) is 5.75 Å². The lowest BCUT2D eigenvalue weighted by Crippen LogP contribution is -2.25. The zero-order chi connectivity index (χ0) is 15.2. The monoisotopic (exact) mass is 289 g/mol. The molecule has 0 aliphatic rings. The predicted octanol–water partition coefficient (Wildman–Crippen LogP) is 4.11. The van der Waals surface area contributed by atoms with Gasteiger partial charge in [-0.3, -0.25) is 0 Å². The highest BCUT2D eigenvalue weighted by molar-refractivity contribution is 5.35. The Morgan fingerprint density at radius 1 is 1.05 bits per heavy atom. The molecule has 0 spiro atoms. The second kappa shape index (κ2) is 6.97. The van der Waals surface area contributed by atoms with Crippen LogP contribution < -0.4 is 10.1 Å². The SMILES string of the molecule is CC(C)(C)CCNCCOc1ccccc1C(F)(F)F. The van der Waals surface area contributed by atoms with Crippen LogP contribution in [0, 0.1) is 5.41 Å². The molecule has 0 saturated carbocycles. The van der Waals surface area contributed by atoms with Crippen molar-refractivity contribution in [1.29, 1.82) is 0 Å². The average molecular weight is 289 g/mol. The highest BCUT2D eigenvalue weighted by atomic mass is 19.4. The summed E-state index contributed by atoms with van der Waals surface area (Å²) < 4.78 is 43.4. The molecular weight excluding hydrogens is 267 g/mol. The number of para-hydroxylation sites is 1. The lowest BCUT2D eigenvalue weighted by molar-refractivity contribution is -0.138. The molecule has 1 aromatic carbocycles. The normalized spacial score (nSPS) is 12.5. The molecule has 0 radical (unpaired) electrons. The van der Waals surface area contributed by atoms with E-state index in [1.807, 2.05) is 0 Å². The number of hydrogen-bond donors (Lipinski definition) is 1. The Hall–Kier alpha value is -1.23. The van der Waals surface area contributed by atoms with Crippen molar-refractivity contribution in [3.8, 4) is 5.75 Å². The number of halogens is 3. The second-order valence-electron chi connectivity index (χ2n) is 5.90. The lowest BCUT2D eigenvalue weighted by Gasteiger charge is -2.18. The fraction of sp³-hybridized carbons (Fsp3) is 0.600. The minimum atomic E-state index is -4.38. The van der Waals surface area contributed by atoms with Crippen LogP contribution in [-0.4, -0.2) is 19.7 Å². The van der Waals surface area contributed by atoms with Crippen LogP contribution in [0.4, 0.5) is 13.2 Å². The van der Waals surface area contributed by atoms with E-state index < -0.39 is 11.7 Å². The van der Waals surface area contributed by atoms with Crippen molar-refractivity contribution in [3.63, 3.8) is 0 Å². The molecule has 2 nitrogen and oxygen atoms in total. The van der Waals surface area contributed by atoms with E-state index in [1.165, 1.54) is 18.2 Å². The molecule has 1 aromatic rings. The fourth-order valence-electron chi connectivity index (χ4n) is 1.65. The quantitative estimate of drug-likeness (QED) is 0.796. The van der Waals surface area contributed by atoms with Gasteiger partial charge >= 0.3 is 6.18 Å². The van der Waals surface area contributed by atoms with Crippen LogP contribution in [0.15, 0.2) is 24.3 Å². The summed E-state index contributed by atoms with van der Waals surface area (Å²) in [6.45, 7) is 8.01. The van der Waals surface area contributed by atoms with Gasteiger partial charge in [0.2, 0.25) is 0 Å². The van der Waals surface area contributed by atoms with Crippen molar-refractivity contribution < 1.29 is 17.9 Å². The maximum absolute atomic E-state index is 12.7. The molecule has 0 fully saturated rings. The van der Waals surface area contributed by atoms with Crippen LogP contribution in [0.1, 0.15) is 32.8 Å². The zero-order valence-electron chi connectivity index (χ0n) is 12.2. The van der Waals surface area contributed by atoms with E-state index in [0.717, 1.165) is 19.0 Å². The zero-order valence-corrected chi connectivity index (χ0v) is 12.2. The van der Waals surface area contributed by atoms with Crippen LogP contribution in [0.3, 0.4) is 0 Å². The Balaban J connectivity index is 2.36. The van der Waals surface area contributed by atoms with Crippen LogP contribution in [-0.2, 0) is 6.18 Å². The van der Waals surface area contributed by atoms with Gasteiger partial charge in [0.1, 0.15) is 12.4 Å². The summed E-state index contributed by atoms with van der Waals surface area (Å²) in [5.74, 6) is -0.113. The molecule has 0 unspecified atom stereocenters. The van der Waals surface area contributed by atoms with E-state index in [1.54, 1.807) is 0 Å². The largest absolute Gasteiger partial charge is 0.492 e. The van der Waals surface area contributed by atoms with Crippen molar-refractivity contribution in [2.24, 2.45) is 5.41 Å². The second-order valence-corrected chi connectivity index (χ2v) is 5.90. The first-order valence-corrected chi connectivity index (χ1v) is 6.70. The average Bonchev–Trinajstić information content (AvgIpc) is 2.31. The van der Waals surface area contributed by atoms with Gasteiger partial charge in [-0.25, -0.2) is 0 Å². The van der Waals surface area contributed by atoms with E-state index >= 15 is 0 Å². The van der Waals surface area contributed by atoms with Crippen molar-refractivity contribution in [2.45, 2.75) is 33.4 Å². The maximum Gasteiger partial charge on any atom is 0.419 e. The van der Waals surface area contributed by atoms with E-state index in [9.17, 15) is 13.2 Å². The third-order valence-corrected chi connectivity index (χ3v) is 2.78. The highest BCUT2D eigenvalue weighted by Gasteiger charge is 2.33. The minimum Gasteiger partial charge on any atom is -0.492 e. The van der Waals surface area contributed by atoms with Crippen LogP contribution >= 0.6 is 0 Å². The first-order chi connectivity index (χ1) is 9.20. The predicted molar refractivity (Wildman–Crippen MR) is 73.9 cm³/mol. The summed E-state index contributed by atoms with van der Waals surface area (Å²) in [5, 5.41) is 3.16. The Kier molecular flexibility index (Phi) is 5.87. The van der Waals surface area contributed by atoms with Gasteiger partial charge in [0.25, 0.3) is 0 Å². The van der Waals surface area contributed by atoms with E-state index in [-0.39, 0.29) is 17.8 Å². The topological polar surface area (TPSA) is 21.3 Å². The van der Waals surface area contributed by atoms with Gasteiger partial charge in [0, 0.05) is 6.54 Å². The van der Waals surface area contributed by atoms with E-state index in [2.05, 4.69) is 26.1 Å². The molecule has 0 bridgehead atoms. The molecule has 0 atom stereocenters. The first-order valence-electron chi connectivity index (χ1n) is 6.70. The van der Waals surface area contributed by atoms with Crippen molar-refractivity contribution >= 4 is 0 Å². The Bertz CT molecular complexity index is 410. The van der Waals surface area contributed by atoms with Crippen LogP contribution in [0.25, 0.3) is 0 Å². The van der Waals surface area contributed by atoms with Gasteiger partial charge in [0.15, 0.2) is 0 Å². The molecule has 0 aliphatic heterocycles.